The summed E-state index contributed by atoms with van der Waals surface area (Å²) in [5.41, 5.74) is 1.22. The minimum atomic E-state index is -1.00. The zero-order chi connectivity index (χ0) is 29.2. The number of nitriles is 3. The summed E-state index contributed by atoms with van der Waals surface area (Å²) in [6.07, 6.45) is 0. The number of hydrogen-bond acceptors (Lipinski definition) is 3. The van der Waals surface area contributed by atoms with Gasteiger partial charge in [0.15, 0.2) is 17.3 Å². The van der Waals surface area contributed by atoms with Crippen LogP contribution in [0, 0.1) is 72.3 Å². The second-order valence-electron chi connectivity index (χ2n) is 6.56. The van der Waals surface area contributed by atoms with Crippen molar-refractivity contribution in [1.29, 1.82) is 15.8 Å². The van der Waals surface area contributed by atoms with Crippen LogP contribution >= 0.6 is 62.3 Å². The monoisotopic (exact) mass is 648 g/mol. The van der Waals surface area contributed by atoms with Gasteiger partial charge in [0.1, 0.15) is 12.1 Å². The molecule has 0 saturated heterocycles. The summed E-state index contributed by atoms with van der Waals surface area (Å²) in [5.74, 6) is -1.77. The van der Waals surface area contributed by atoms with Gasteiger partial charge in [0.2, 0.25) is 11.4 Å². The minimum Gasteiger partial charge on any atom is -0.238 e. The van der Waals surface area contributed by atoms with Crippen LogP contribution in [0.3, 0.4) is 0 Å². The molecule has 0 atom stereocenters. The summed E-state index contributed by atoms with van der Waals surface area (Å²) in [6, 6.07) is 10.9. The van der Waals surface area contributed by atoms with E-state index in [1.165, 1.54) is 12.1 Å². The lowest BCUT2D eigenvalue weighted by Crippen LogP contribution is -1.88. The third-order valence-corrected chi connectivity index (χ3v) is 6.36. The molecule has 0 aliphatic heterocycles. The topological polar surface area (TPSA) is 84.4 Å². The predicted octanol–water partition coefficient (Wildman–Crippen LogP) is 10.3. The Morgan fingerprint density at radius 3 is 1.84 bits per heavy atom. The van der Waals surface area contributed by atoms with Gasteiger partial charge in [-0.15, -0.1) is 0 Å². The van der Waals surface area contributed by atoms with Crippen LogP contribution in [0.4, 0.5) is 25.8 Å². The Morgan fingerprint density at radius 2 is 1.37 bits per heavy atom. The van der Waals surface area contributed by atoms with Crippen LogP contribution in [0.15, 0.2) is 28.7 Å². The van der Waals surface area contributed by atoms with Crippen molar-refractivity contribution in [2.75, 3.05) is 0 Å². The molecule has 0 bridgehead atoms. The molecule has 3 rings (SSSR count). The first-order valence-corrected chi connectivity index (χ1v) is 11.7. The van der Waals surface area contributed by atoms with Crippen LogP contribution in [0.2, 0.25) is 20.1 Å². The first-order chi connectivity index (χ1) is 17.9. The number of halogens is 7. The molecular weight excluding hydrogens is 644 g/mol. The van der Waals surface area contributed by atoms with Crippen molar-refractivity contribution in [3.8, 4) is 18.2 Å². The molecule has 0 amide bonds. The van der Waals surface area contributed by atoms with Gasteiger partial charge in [0.25, 0.3) is 0 Å². The highest BCUT2D eigenvalue weighted by atomic mass is 79.9. The molecule has 0 unspecified atom stereocenters. The van der Waals surface area contributed by atoms with E-state index >= 15 is 0 Å². The van der Waals surface area contributed by atoms with Crippen molar-refractivity contribution in [1.82, 2.24) is 0 Å². The SMILES string of the molecule is [C-]#[N+]c1c(Cl)c(Cl)c(F)c(C#N)c1Cl.[C-]#[N+]c1cc(C#N)c(C)cc1Br.[C-]#[N+]c1cc(Cl)c(F)c(C#N)c1. The molecule has 13 heteroatoms. The fourth-order valence-electron chi connectivity index (χ4n) is 2.41. The van der Waals surface area contributed by atoms with Crippen LogP contribution in [-0.2, 0) is 0 Å². The van der Waals surface area contributed by atoms with Gasteiger partial charge in [-0.2, -0.15) is 15.8 Å². The van der Waals surface area contributed by atoms with Crippen molar-refractivity contribution in [3.63, 3.8) is 0 Å². The van der Waals surface area contributed by atoms with Gasteiger partial charge < -0.3 is 0 Å². The Labute approximate surface area is 245 Å². The smallest absolute Gasteiger partial charge is 0.226 e. The summed E-state index contributed by atoms with van der Waals surface area (Å²) >= 11 is 25.2. The summed E-state index contributed by atoms with van der Waals surface area (Å²) in [4.78, 5) is 9.26. The molecular formula is C25H7BrCl4F2N6. The average molecular weight is 651 g/mol. The van der Waals surface area contributed by atoms with Crippen molar-refractivity contribution >= 4 is 79.4 Å². The Balaban J connectivity index is 0.000000286. The number of rotatable bonds is 0. The van der Waals surface area contributed by atoms with E-state index in [1.807, 2.05) is 13.0 Å². The summed E-state index contributed by atoms with van der Waals surface area (Å²) in [5, 5.41) is 24.4. The number of nitrogens with zero attached hydrogens (tertiary/aromatic N) is 6. The highest BCUT2D eigenvalue weighted by Gasteiger charge is 2.21. The predicted molar refractivity (Wildman–Crippen MR) is 145 cm³/mol. The van der Waals surface area contributed by atoms with Crippen LogP contribution in [-0.4, -0.2) is 0 Å². The third-order valence-electron chi connectivity index (χ3n) is 4.26. The van der Waals surface area contributed by atoms with Gasteiger partial charge in [-0.25, -0.2) is 23.3 Å². The van der Waals surface area contributed by atoms with Crippen molar-refractivity contribution in [2.24, 2.45) is 0 Å². The molecule has 38 heavy (non-hydrogen) atoms. The van der Waals surface area contributed by atoms with Gasteiger partial charge in [0.05, 0.1) is 57.0 Å². The summed E-state index contributed by atoms with van der Waals surface area (Å²) < 4.78 is 26.8. The molecule has 0 heterocycles. The standard InChI is InChI=1S/C9H5BrN2.C8Cl3FN2.C8H2ClFN2/c1-6-3-8(10)9(12-2)4-7(6)5-11;1-14-8-4(9)3(2-13)7(12)5(10)6(8)11;1-12-6-2-5(4-11)8(10)7(9)3-6/h3-4H,1H3;;2-3H. The minimum absolute atomic E-state index is 0.165. The normalized spacial score (nSPS) is 8.89. The van der Waals surface area contributed by atoms with E-state index in [-0.39, 0.29) is 32.0 Å². The summed E-state index contributed by atoms with van der Waals surface area (Å²) in [7, 11) is 0. The van der Waals surface area contributed by atoms with Gasteiger partial charge in [0, 0.05) is 10.0 Å². The van der Waals surface area contributed by atoms with Crippen LogP contribution in [0.1, 0.15) is 22.3 Å². The molecule has 0 fully saturated rings. The molecule has 0 spiro atoms. The Bertz CT molecular complexity index is 1610. The maximum atomic E-state index is 13.2. The van der Waals surface area contributed by atoms with Gasteiger partial charge >= 0.3 is 0 Å². The molecule has 0 aliphatic carbocycles. The van der Waals surface area contributed by atoms with Gasteiger partial charge in [-0.05, 0) is 30.7 Å². The summed E-state index contributed by atoms with van der Waals surface area (Å²) in [6.45, 7) is 22.0. The Morgan fingerprint density at radius 1 is 0.763 bits per heavy atom. The third kappa shape index (κ3) is 7.56. The lowest BCUT2D eigenvalue weighted by Gasteiger charge is -2.05. The molecule has 0 aliphatic rings. The zero-order valence-electron chi connectivity index (χ0n) is 18.6. The lowest BCUT2D eigenvalue weighted by molar-refractivity contribution is 0.624. The van der Waals surface area contributed by atoms with E-state index in [2.05, 4.69) is 30.5 Å². The van der Waals surface area contributed by atoms with Gasteiger partial charge in [-0.1, -0.05) is 68.4 Å². The van der Waals surface area contributed by atoms with Gasteiger partial charge in [-0.3, -0.25) is 0 Å². The van der Waals surface area contributed by atoms with Crippen molar-refractivity contribution in [2.45, 2.75) is 6.92 Å². The van der Waals surface area contributed by atoms with E-state index in [0.717, 1.165) is 16.1 Å². The highest BCUT2D eigenvalue weighted by molar-refractivity contribution is 9.10. The number of benzene rings is 3. The second-order valence-corrected chi connectivity index (χ2v) is 8.95. The molecule has 0 aromatic heterocycles. The fourth-order valence-corrected chi connectivity index (χ4v) is 3.88. The second kappa shape index (κ2) is 14.7. The van der Waals surface area contributed by atoms with E-state index in [9.17, 15) is 8.78 Å². The molecule has 0 N–H and O–H groups in total. The quantitative estimate of drug-likeness (QED) is 0.138. The average Bonchev–Trinajstić information content (AvgIpc) is 2.90. The number of aryl methyl sites for hydroxylation is 1. The molecule has 0 radical (unpaired) electrons. The van der Waals surface area contributed by atoms with Crippen molar-refractivity contribution in [3.05, 3.63) is 117 Å². The lowest BCUT2D eigenvalue weighted by atomic mass is 10.1. The van der Waals surface area contributed by atoms with Crippen LogP contribution in [0.25, 0.3) is 14.5 Å². The maximum absolute atomic E-state index is 13.2. The largest absolute Gasteiger partial charge is 0.238 e. The highest BCUT2D eigenvalue weighted by Crippen LogP contribution is 2.42. The van der Waals surface area contributed by atoms with Crippen molar-refractivity contribution < 1.29 is 8.78 Å². The molecule has 3 aromatic carbocycles. The maximum Gasteiger partial charge on any atom is 0.226 e. The zero-order valence-corrected chi connectivity index (χ0v) is 23.2. The Kier molecular flexibility index (Phi) is 12.5. The van der Waals surface area contributed by atoms with Crippen LogP contribution in [0.5, 0.6) is 0 Å². The van der Waals surface area contributed by atoms with E-state index in [0.29, 0.717) is 11.3 Å². The van der Waals surface area contributed by atoms with E-state index in [1.54, 1.807) is 18.2 Å². The van der Waals surface area contributed by atoms with E-state index < -0.39 is 22.2 Å². The van der Waals surface area contributed by atoms with Crippen LogP contribution < -0.4 is 0 Å². The molecule has 6 nitrogen and oxygen atoms in total. The first kappa shape index (κ1) is 32.1. The molecule has 0 saturated carbocycles. The first-order valence-electron chi connectivity index (χ1n) is 9.39. The van der Waals surface area contributed by atoms with E-state index in [4.69, 9.17) is 81.9 Å². The Hall–Kier alpha value is -3.90. The molecule has 3 aromatic rings. The number of hydrogen-bond donors (Lipinski definition) is 0. The fraction of sp³-hybridized carbons (Fsp3) is 0.0400. The molecule has 186 valence electrons.